The lowest BCUT2D eigenvalue weighted by Gasteiger charge is -2.11. The van der Waals surface area contributed by atoms with Crippen molar-refractivity contribution >= 4 is 33.8 Å². The van der Waals surface area contributed by atoms with Gasteiger partial charge in [-0.15, -0.1) is 0 Å². The highest BCUT2D eigenvalue weighted by atomic mass is 79.9. The second kappa shape index (κ2) is 6.17. The molecule has 0 amide bonds. The number of benzene rings is 2. The van der Waals surface area contributed by atoms with Crippen molar-refractivity contribution in [1.82, 2.24) is 0 Å². The van der Waals surface area contributed by atoms with Crippen LogP contribution in [-0.2, 0) is 6.61 Å². The van der Waals surface area contributed by atoms with E-state index in [0.717, 1.165) is 0 Å². The summed E-state index contributed by atoms with van der Waals surface area (Å²) in [4.78, 5) is 10.9. The Morgan fingerprint density at radius 2 is 2.11 bits per heavy atom. The highest BCUT2D eigenvalue weighted by Crippen LogP contribution is 2.29. The van der Waals surface area contributed by atoms with Crippen LogP contribution in [0, 0.1) is 5.82 Å². The van der Waals surface area contributed by atoms with Crippen LogP contribution in [0.2, 0.25) is 5.02 Å². The van der Waals surface area contributed by atoms with Gasteiger partial charge in [0.15, 0.2) is 6.29 Å². The van der Waals surface area contributed by atoms with Crippen molar-refractivity contribution < 1.29 is 13.9 Å². The van der Waals surface area contributed by atoms with Gasteiger partial charge >= 0.3 is 0 Å². The molecule has 0 radical (unpaired) electrons. The Morgan fingerprint density at radius 1 is 1.32 bits per heavy atom. The van der Waals surface area contributed by atoms with Crippen LogP contribution in [0.3, 0.4) is 0 Å². The van der Waals surface area contributed by atoms with E-state index in [9.17, 15) is 9.18 Å². The SMILES string of the molecule is O=Cc1cccc(Br)c1OCc1cc(Cl)ccc1F. The Morgan fingerprint density at radius 3 is 2.84 bits per heavy atom. The van der Waals surface area contributed by atoms with Crippen molar-refractivity contribution in [2.75, 3.05) is 0 Å². The van der Waals surface area contributed by atoms with Crippen molar-refractivity contribution in [3.63, 3.8) is 0 Å². The van der Waals surface area contributed by atoms with E-state index in [4.69, 9.17) is 16.3 Å². The minimum absolute atomic E-state index is 0.00412. The van der Waals surface area contributed by atoms with Crippen LogP contribution in [-0.4, -0.2) is 6.29 Å². The van der Waals surface area contributed by atoms with Crippen LogP contribution in [0.25, 0.3) is 0 Å². The molecule has 0 fully saturated rings. The van der Waals surface area contributed by atoms with Crippen molar-refractivity contribution in [2.24, 2.45) is 0 Å². The molecule has 0 aliphatic rings. The standard InChI is InChI=1S/C14H9BrClFO2/c15-12-3-1-2-9(7-18)14(12)19-8-10-6-11(16)4-5-13(10)17/h1-7H,8H2. The van der Waals surface area contributed by atoms with E-state index in [-0.39, 0.29) is 6.61 Å². The van der Waals surface area contributed by atoms with Gasteiger partial charge in [0.1, 0.15) is 18.2 Å². The van der Waals surface area contributed by atoms with Crippen LogP contribution in [0.5, 0.6) is 5.75 Å². The largest absolute Gasteiger partial charge is 0.487 e. The molecule has 2 aromatic rings. The molecule has 2 rings (SSSR count). The van der Waals surface area contributed by atoms with Crippen LogP contribution < -0.4 is 4.74 Å². The lowest BCUT2D eigenvalue weighted by atomic mass is 10.2. The summed E-state index contributed by atoms with van der Waals surface area (Å²) in [5.74, 6) is -0.0130. The Kier molecular flexibility index (Phi) is 4.56. The summed E-state index contributed by atoms with van der Waals surface area (Å²) in [5.41, 5.74) is 0.733. The van der Waals surface area contributed by atoms with E-state index in [1.807, 2.05) is 0 Å². The quantitative estimate of drug-likeness (QED) is 0.756. The van der Waals surface area contributed by atoms with Crippen molar-refractivity contribution in [1.29, 1.82) is 0 Å². The first kappa shape index (κ1) is 14.0. The van der Waals surface area contributed by atoms with Gasteiger partial charge in [0.05, 0.1) is 10.0 Å². The summed E-state index contributed by atoms with van der Waals surface area (Å²) in [5, 5.41) is 0.433. The zero-order chi connectivity index (χ0) is 13.8. The Hall–Kier alpha value is -1.39. The number of carbonyl (C=O) groups is 1. The minimum Gasteiger partial charge on any atom is -0.487 e. The van der Waals surface area contributed by atoms with Gasteiger partial charge in [-0.3, -0.25) is 4.79 Å². The lowest BCUT2D eigenvalue weighted by molar-refractivity contribution is 0.111. The molecule has 0 unspecified atom stereocenters. The highest BCUT2D eigenvalue weighted by Gasteiger charge is 2.09. The maximum atomic E-state index is 13.5. The third-order valence-corrected chi connectivity index (χ3v) is 3.36. The predicted octanol–water partition coefficient (Wildman–Crippen LogP) is 4.63. The Labute approximate surface area is 123 Å². The van der Waals surface area contributed by atoms with Gasteiger partial charge in [-0.2, -0.15) is 0 Å². The summed E-state index contributed by atoms with van der Waals surface area (Å²) >= 11 is 9.09. The molecule has 0 heterocycles. The maximum Gasteiger partial charge on any atom is 0.153 e. The predicted molar refractivity (Wildman–Crippen MR) is 75.3 cm³/mol. The zero-order valence-corrected chi connectivity index (χ0v) is 12.0. The third kappa shape index (κ3) is 3.33. The van der Waals surface area contributed by atoms with Gasteiger partial charge in [-0.1, -0.05) is 17.7 Å². The normalized spacial score (nSPS) is 10.3. The van der Waals surface area contributed by atoms with E-state index >= 15 is 0 Å². The molecule has 98 valence electrons. The molecule has 0 bridgehead atoms. The van der Waals surface area contributed by atoms with Crippen LogP contribution in [0.1, 0.15) is 15.9 Å². The third-order valence-electron chi connectivity index (χ3n) is 2.50. The zero-order valence-electron chi connectivity index (χ0n) is 9.70. The number of aldehydes is 1. The molecule has 0 saturated heterocycles. The van der Waals surface area contributed by atoms with Gasteiger partial charge in [-0.05, 0) is 46.3 Å². The molecule has 0 saturated carbocycles. The second-order valence-corrected chi connectivity index (χ2v) is 5.09. The van der Waals surface area contributed by atoms with Gasteiger partial charge < -0.3 is 4.74 Å². The second-order valence-electron chi connectivity index (χ2n) is 3.80. The molecule has 0 aromatic heterocycles. The van der Waals surface area contributed by atoms with Crippen LogP contribution in [0.4, 0.5) is 4.39 Å². The number of para-hydroxylation sites is 1. The molecular weight excluding hydrogens is 335 g/mol. The first-order valence-electron chi connectivity index (χ1n) is 5.42. The maximum absolute atomic E-state index is 13.5. The molecule has 0 aliphatic heterocycles. The van der Waals surface area contributed by atoms with Gasteiger partial charge in [0.2, 0.25) is 0 Å². The van der Waals surface area contributed by atoms with Gasteiger partial charge in [0, 0.05) is 10.6 Å². The molecule has 5 heteroatoms. The smallest absolute Gasteiger partial charge is 0.153 e. The number of hydrogen-bond donors (Lipinski definition) is 0. The summed E-state index contributed by atoms with van der Waals surface area (Å²) < 4.78 is 19.7. The first-order valence-corrected chi connectivity index (χ1v) is 6.59. The number of hydrogen-bond acceptors (Lipinski definition) is 2. The van der Waals surface area contributed by atoms with E-state index < -0.39 is 5.82 Å². The monoisotopic (exact) mass is 342 g/mol. The summed E-state index contributed by atoms with van der Waals surface area (Å²) in [6.07, 6.45) is 0.689. The molecule has 0 atom stereocenters. The number of ether oxygens (including phenoxy) is 1. The lowest BCUT2D eigenvalue weighted by Crippen LogP contribution is -2.01. The van der Waals surface area contributed by atoms with E-state index in [1.165, 1.54) is 18.2 Å². The van der Waals surface area contributed by atoms with Gasteiger partial charge in [0.25, 0.3) is 0 Å². The van der Waals surface area contributed by atoms with Crippen LogP contribution >= 0.6 is 27.5 Å². The molecule has 0 aliphatic carbocycles. The first-order chi connectivity index (χ1) is 9.11. The molecule has 0 spiro atoms. The average molecular weight is 344 g/mol. The highest BCUT2D eigenvalue weighted by molar-refractivity contribution is 9.10. The summed E-state index contributed by atoms with van der Waals surface area (Å²) in [7, 11) is 0. The fourth-order valence-electron chi connectivity index (χ4n) is 1.57. The number of rotatable bonds is 4. The van der Waals surface area contributed by atoms with E-state index in [1.54, 1.807) is 18.2 Å². The number of carbonyl (C=O) groups excluding carboxylic acids is 1. The fraction of sp³-hybridized carbons (Fsp3) is 0.0714. The Balaban J connectivity index is 2.23. The van der Waals surface area contributed by atoms with E-state index in [2.05, 4.69) is 15.9 Å². The van der Waals surface area contributed by atoms with E-state index in [0.29, 0.717) is 32.7 Å². The average Bonchev–Trinajstić information content (AvgIpc) is 2.40. The minimum atomic E-state index is -0.399. The molecule has 0 N–H and O–H groups in total. The molecule has 2 nitrogen and oxygen atoms in total. The Bertz CT molecular complexity index is 616. The fourth-order valence-corrected chi connectivity index (χ4v) is 2.27. The molecular formula is C14H9BrClFO2. The number of halogens is 3. The molecule has 19 heavy (non-hydrogen) atoms. The molecule has 2 aromatic carbocycles. The summed E-state index contributed by atoms with van der Waals surface area (Å²) in [6, 6.07) is 9.34. The summed E-state index contributed by atoms with van der Waals surface area (Å²) in [6.45, 7) is -0.00412. The topological polar surface area (TPSA) is 26.3 Å². The van der Waals surface area contributed by atoms with Gasteiger partial charge in [-0.25, -0.2) is 4.39 Å². The van der Waals surface area contributed by atoms with Crippen molar-refractivity contribution in [3.8, 4) is 5.75 Å². The van der Waals surface area contributed by atoms with Crippen molar-refractivity contribution in [2.45, 2.75) is 6.61 Å². The van der Waals surface area contributed by atoms with Crippen LogP contribution in [0.15, 0.2) is 40.9 Å². The van der Waals surface area contributed by atoms with Crippen molar-refractivity contribution in [3.05, 3.63) is 62.8 Å².